The Bertz CT molecular complexity index is 405. The molecule has 0 aliphatic carbocycles. The first-order chi connectivity index (χ1) is 7.68. The van der Waals surface area contributed by atoms with Crippen molar-refractivity contribution < 1.29 is 13.3 Å². The molecule has 0 spiro atoms. The van der Waals surface area contributed by atoms with Crippen molar-refractivity contribution in [2.24, 2.45) is 0 Å². The number of nitrogen functional groups attached to an aromatic ring is 1. The molecule has 0 aromatic heterocycles. The Hall–Kier alpha value is -0.940. The summed E-state index contributed by atoms with van der Waals surface area (Å²) in [6.07, 6.45) is 1.78. The van der Waals surface area contributed by atoms with Gasteiger partial charge in [0.2, 0.25) is 0 Å². The molecule has 1 fully saturated rings. The summed E-state index contributed by atoms with van der Waals surface area (Å²) in [5, 5.41) is -0.0264. The van der Waals surface area contributed by atoms with Crippen LogP contribution in [0.5, 0.6) is 0 Å². The van der Waals surface area contributed by atoms with E-state index in [-0.39, 0.29) is 10.9 Å². The average molecular weight is 243 g/mol. The van der Waals surface area contributed by atoms with Crippen LogP contribution in [-0.4, -0.2) is 22.7 Å². The van der Waals surface area contributed by atoms with Crippen molar-refractivity contribution in [3.8, 4) is 0 Å². The fourth-order valence-electron chi connectivity index (χ4n) is 1.76. The van der Waals surface area contributed by atoms with Crippen LogP contribution in [-0.2, 0) is 15.5 Å². The van der Waals surface area contributed by atoms with Crippen LogP contribution in [0.4, 0.5) is 10.1 Å². The summed E-state index contributed by atoms with van der Waals surface area (Å²) in [6, 6.07) is 3.99. The van der Waals surface area contributed by atoms with E-state index >= 15 is 0 Å². The van der Waals surface area contributed by atoms with Crippen LogP contribution >= 0.6 is 0 Å². The summed E-state index contributed by atoms with van der Waals surface area (Å²) in [5.74, 6) is -0.404. The van der Waals surface area contributed by atoms with Gasteiger partial charge < -0.3 is 10.5 Å². The third-order valence-corrected chi connectivity index (χ3v) is 4.39. The lowest BCUT2D eigenvalue weighted by Gasteiger charge is -2.21. The van der Waals surface area contributed by atoms with E-state index in [2.05, 4.69) is 0 Å². The van der Waals surface area contributed by atoms with Crippen LogP contribution in [0.25, 0.3) is 0 Å². The van der Waals surface area contributed by atoms with Gasteiger partial charge in [0.25, 0.3) is 0 Å². The first-order valence-electron chi connectivity index (χ1n) is 5.22. The number of anilines is 1. The SMILES string of the molecule is Nc1cc(F)ccc1S(=O)C1CCCOC1. The van der Waals surface area contributed by atoms with Gasteiger partial charge in [-0.05, 0) is 31.0 Å². The molecule has 0 amide bonds. The van der Waals surface area contributed by atoms with Crippen LogP contribution in [0.15, 0.2) is 23.1 Å². The molecule has 88 valence electrons. The van der Waals surface area contributed by atoms with Crippen molar-refractivity contribution in [1.29, 1.82) is 0 Å². The molecule has 1 aliphatic rings. The van der Waals surface area contributed by atoms with Gasteiger partial charge in [0.1, 0.15) is 5.82 Å². The molecule has 0 saturated carbocycles. The molecule has 0 bridgehead atoms. The lowest BCUT2D eigenvalue weighted by atomic mass is 10.2. The zero-order chi connectivity index (χ0) is 11.5. The van der Waals surface area contributed by atoms with Gasteiger partial charge in [-0.3, -0.25) is 4.21 Å². The number of ether oxygens (including phenoxy) is 1. The molecule has 1 saturated heterocycles. The van der Waals surface area contributed by atoms with Crippen LogP contribution in [0.3, 0.4) is 0 Å². The normalized spacial score (nSPS) is 22.9. The van der Waals surface area contributed by atoms with E-state index in [9.17, 15) is 8.60 Å². The van der Waals surface area contributed by atoms with Gasteiger partial charge >= 0.3 is 0 Å². The third kappa shape index (κ3) is 2.41. The van der Waals surface area contributed by atoms with Gasteiger partial charge in [-0.1, -0.05) is 0 Å². The van der Waals surface area contributed by atoms with Crippen molar-refractivity contribution in [2.75, 3.05) is 18.9 Å². The molecule has 1 aliphatic heterocycles. The summed E-state index contributed by atoms with van der Waals surface area (Å²) in [6.45, 7) is 1.22. The van der Waals surface area contributed by atoms with Crippen molar-refractivity contribution >= 4 is 16.5 Å². The summed E-state index contributed by atoms with van der Waals surface area (Å²) in [4.78, 5) is 0.511. The molecule has 1 heterocycles. The lowest BCUT2D eigenvalue weighted by Crippen LogP contribution is -2.27. The Labute approximate surface area is 96.2 Å². The van der Waals surface area contributed by atoms with Gasteiger partial charge in [-0.15, -0.1) is 0 Å². The highest BCUT2D eigenvalue weighted by atomic mass is 32.2. The fourth-order valence-corrected chi connectivity index (χ4v) is 3.22. The van der Waals surface area contributed by atoms with Gasteiger partial charge in [-0.2, -0.15) is 0 Å². The highest BCUT2D eigenvalue weighted by molar-refractivity contribution is 7.85. The number of hydrogen-bond donors (Lipinski definition) is 1. The van der Waals surface area contributed by atoms with E-state index in [1.54, 1.807) is 0 Å². The number of hydrogen-bond acceptors (Lipinski definition) is 3. The van der Waals surface area contributed by atoms with Crippen molar-refractivity contribution in [3.05, 3.63) is 24.0 Å². The molecule has 16 heavy (non-hydrogen) atoms. The van der Waals surface area contributed by atoms with Crippen molar-refractivity contribution in [3.63, 3.8) is 0 Å². The standard InChI is InChI=1S/C11H14FNO2S/c12-8-3-4-11(10(13)6-8)16(14)9-2-1-5-15-7-9/h3-4,6,9H,1-2,5,7,13H2. The first kappa shape index (κ1) is 11.5. The van der Waals surface area contributed by atoms with Crippen LogP contribution < -0.4 is 5.73 Å². The minimum atomic E-state index is -1.21. The Morgan fingerprint density at radius 3 is 2.94 bits per heavy atom. The lowest BCUT2D eigenvalue weighted by molar-refractivity contribution is 0.100. The van der Waals surface area contributed by atoms with E-state index in [4.69, 9.17) is 10.5 Å². The second kappa shape index (κ2) is 4.93. The van der Waals surface area contributed by atoms with E-state index in [0.717, 1.165) is 19.4 Å². The maximum absolute atomic E-state index is 12.8. The van der Waals surface area contributed by atoms with Crippen molar-refractivity contribution in [2.45, 2.75) is 23.0 Å². The molecule has 2 N–H and O–H groups in total. The number of halogens is 1. The Balaban J connectivity index is 2.19. The Morgan fingerprint density at radius 1 is 1.50 bits per heavy atom. The predicted octanol–water partition coefficient (Wildman–Crippen LogP) is 1.69. The van der Waals surface area contributed by atoms with Gasteiger partial charge in [-0.25, -0.2) is 4.39 Å². The topological polar surface area (TPSA) is 52.3 Å². The molecule has 1 aromatic rings. The van der Waals surface area contributed by atoms with E-state index in [0.29, 0.717) is 11.5 Å². The zero-order valence-electron chi connectivity index (χ0n) is 8.82. The number of benzene rings is 1. The third-order valence-electron chi connectivity index (χ3n) is 2.61. The summed E-state index contributed by atoms with van der Waals surface area (Å²) >= 11 is 0. The molecule has 1 aromatic carbocycles. The molecule has 3 nitrogen and oxygen atoms in total. The van der Waals surface area contributed by atoms with Crippen molar-refractivity contribution in [1.82, 2.24) is 0 Å². The predicted molar refractivity (Wildman–Crippen MR) is 61.1 cm³/mol. The average Bonchev–Trinajstić information content (AvgIpc) is 2.29. The van der Waals surface area contributed by atoms with Gasteiger partial charge in [0, 0.05) is 6.61 Å². The highest BCUT2D eigenvalue weighted by Crippen LogP contribution is 2.23. The second-order valence-electron chi connectivity index (χ2n) is 3.82. The molecular weight excluding hydrogens is 229 g/mol. The maximum atomic E-state index is 12.8. The number of nitrogens with two attached hydrogens (primary N) is 1. The molecular formula is C11H14FNO2S. The molecule has 2 atom stereocenters. The van der Waals surface area contributed by atoms with Gasteiger partial charge in [0.15, 0.2) is 0 Å². The fraction of sp³-hybridized carbons (Fsp3) is 0.455. The quantitative estimate of drug-likeness (QED) is 0.804. The summed E-state index contributed by atoms with van der Waals surface area (Å²) in [5.41, 5.74) is 5.91. The van der Waals surface area contributed by atoms with Crippen LogP contribution in [0.2, 0.25) is 0 Å². The highest BCUT2D eigenvalue weighted by Gasteiger charge is 2.23. The molecule has 2 unspecified atom stereocenters. The first-order valence-corrected chi connectivity index (χ1v) is 6.43. The summed E-state index contributed by atoms with van der Waals surface area (Å²) in [7, 11) is -1.21. The smallest absolute Gasteiger partial charge is 0.125 e. The minimum absolute atomic E-state index is 0.0264. The van der Waals surface area contributed by atoms with Crippen LogP contribution in [0.1, 0.15) is 12.8 Å². The minimum Gasteiger partial charge on any atom is -0.398 e. The van der Waals surface area contributed by atoms with E-state index in [1.807, 2.05) is 0 Å². The Morgan fingerprint density at radius 2 is 2.31 bits per heavy atom. The summed E-state index contributed by atoms with van der Waals surface area (Å²) < 4.78 is 30.3. The zero-order valence-corrected chi connectivity index (χ0v) is 9.63. The maximum Gasteiger partial charge on any atom is 0.125 e. The second-order valence-corrected chi connectivity index (χ2v) is 5.52. The largest absolute Gasteiger partial charge is 0.398 e. The molecule has 2 rings (SSSR count). The number of rotatable bonds is 2. The molecule has 0 radical (unpaired) electrons. The van der Waals surface area contributed by atoms with Gasteiger partial charge in [0.05, 0.1) is 33.2 Å². The molecule has 5 heteroatoms. The van der Waals surface area contributed by atoms with E-state index < -0.39 is 16.6 Å². The monoisotopic (exact) mass is 243 g/mol. The Kier molecular flexibility index (Phi) is 3.56. The van der Waals surface area contributed by atoms with E-state index in [1.165, 1.54) is 18.2 Å². The van der Waals surface area contributed by atoms with Crippen LogP contribution in [0, 0.1) is 5.82 Å².